The van der Waals surface area contributed by atoms with Crippen LogP contribution in [0.5, 0.6) is 11.5 Å². The third-order valence-corrected chi connectivity index (χ3v) is 10.8. The molecule has 3 aliphatic rings. The minimum absolute atomic E-state index is 0.0188. The number of carbonyl (C=O) groups excluding carboxylic acids is 1. The van der Waals surface area contributed by atoms with Crippen LogP contribution in [0.2, 0.25) is 5.02 Å². The lowest BCUT2D eigenvalue weighted by atomic mass is 9.76. The number of nitrogens with zero attached hydrogens (tertiary/aromatic N) is 5. The maximum absolute atomic E-state index is 15.0. The standard InChI is InChI=1S/C41H33ClFN5O3/c42-37-30(35-31(43)17-10-18-34(35)49)21-32-36-38(37)51-24-29-22-46(19-20-47(29)39(36)45-25-44-32)40(50)33-23-48(33)41(26-11-4-1-5-12-26,27-13-6-2-7-14-27)28-15-8-3-9-16-28/h1-18,21,25,29,33,49H,19-20,22-24H2/t29-,33?,48+/m0/s1. The molecule has 9 rings (SSSR count). The summed E-state index contributed by atoms with van der Waals surface area (Å²) < 4.78 is 21.4. The van der Waals surface area contributed by atoms with Gasteiger partial charge in [0.15, 0.2) is 5.75 Å². The van der Waals surface area contributed by atoms with Gasteiger partial charge in [0.25, 0.3) is 0 Å². The van der Waals surface area contributed by atoms with Crippen molar-refractivity contribution in [3.8, 4) is 22.6 Å². The quantitative estimate of drug-likeness (QED) is 0.150. The van der Waals surface area contributed by atoms with Crippen molar-refractivity contribution in [2.45, 2.75) is 17.6 Å². The highest BCUT2D eigenvalue weighted by molar-refractivity contribution is 6.36. The van der Waals surface area contributed by atoms with Gasteiger partial charge in [0, 0.05) is 31.7 Å². The largest absolute Gasteiger partial charge is 0.507 e. The van der Waals surface area contributed by atoms with Crippen LogP contribution < -0.4 is 9.64 Å². The van der Waals surface area contributed by atoms with Crippen molar-refractivity contribution >= 4 is 34.2 Å². The maximum atomic E-state index is 15.0. The Bertz CT molecular complexity index is 2160. The third-order valence-electron chi connectivity index (χ3n) is 10.5. The Morgan fingerprint density at radius 3 is 2.12 bits per heavy atom. The first kappa shape index (κ1) is 31.5. The molecule has 1 N–H and O–H groups in total. The summed E-state index contributed by atoms with van der Waals surface area (Å²) in [5.41, 5.74) is 3.43. The van der Waals surface area contributed by atoms with E-state index in [4.69, 9.17) is 16.3 Å². The molecule has 4 heterocycles. The van der Waals surface area contributed by atoms with Gasteiger partial charge in [0.2, 0.25) is 5.91 Å². The minimum atomic E-state index is -0.660. The van der Waals surface area contributed by atoms with Crippen molar-refractivity contribution in [3.63, 3.8) is 0 Å². The maximum Gasteiger partial charge on any atom is 0.241 e. The number of anilines is 1. The fourth-order valence-corrected chi connectivity index (χ4v) is 8.39. The van der Waals surface area contributed by atoms with Gasteiger partial charge in [-0.05, 0) is 34.9 Å². The van der Waals surface area contributed by atoms with Crippen molar-refractivity contribution in [2.24, 2.45) is 0 Å². The van der Waals surface area contributed by atoms with Gasteiger partial charge in [-0.3, -0.25) is 9.69 Å². The predicted octanol–water partition coefficient (Wildman–Crippen LogP) is 6.88. The fourth-order valence-electron chi connectivity index (χ4n) is 8.09. The molecule has 0 saturated carbocycles. The SMILES string of the molecule is O=C(C1C[N@@]1C(c1ccccc1)(c1ccccc1)c1ccccc1)N1CCN2c3ncnc4cc(-c5c(O)cccc5F)c(Cl)c(c34)OC[C@@H]2C1. The van der Waals surface area contributed by atoms with E-state index < -0.39 is 11.4 Å². The van der Waals surface area contributed by atoms with E-state index in [1.54, 1.807) is 6.07 Å². The van der Waals surface area contributed by atoms with Crippen molar-refractivity contribution in [1.82, 2.24) is 19.8 Å². The molecule has 6 aromatic rings. The Balaban J connectivity index is 1.03. The van der Waals surface area contributed by atoms with Crippen LogP contribution in [0.3, 0.4) is 0 Å². The van der Waals surface area contributed by atoms with Crippen LogP contribution in [0.4, 0.5) is 10.2 Å². The molecule has 3 aliphatic heterocycles. The molecule has 3 atom stereocenters. The molecule has 51 heavy (non-hydrogen) atoms. The monoisotopic (exact) mass is 697 g/mol. The topological polar surface area (TPSA) is 81.8 Å². The van der Waals surface area contributed by atoms with E-state index in [-0.39, 0.29) is 46.5 Å². The number of phenolic OH excluding ortho intramolecular Hbond substituents is 1. The molecule has 0 bridgehead atoms. The summed E-state index contributed by atoms with van der Waals surface area (Å²) in [5.74, 6) is 0.221. The number of piperazine rings is 1. The zero-order chi connectivity index (χ0) is 34.7. The normalized spacial score (nSPS) is 19.6. The number of fused-ring (bicyclic) bond motifs is 2. The number of rotatable bonds is 6. The third kappa shape index (κ3) is 5.02. The second-order valence-corrected chi connectivity index (χ2v) is 13.6. The van der Waals surface area contributed by atoms with Gasteiger partial charge < -0.3 is 19.6 Å². The first-order chi connectivity index (χ1) is 25.0. The summed E-state index contributed by atoms with van der Waals surface area (Å²) in [5, 5.41) is 11.4. The van der Waals surface area contributed by atoms with E-state index in [1.807, 2.05) is 23.1 Å². The highest BCUT2D eigenvalue weighted by atomic mass is 35.5. The number of halogens is 2. The predicted molar refractivity (Wildman–Crippen MR) is 195 cm³/mol. The smallest absolute Gasteiger partial charge is 0.241 e. The minimum Gasteiger partial charge on any atom is -0.507 e. The Labute approximate surface area is 299 Å². The molecule has 0 aliphatic carbocycles. The van der Waals surface area contributed by atoms with E-state index in [0.717, 1.165) is 16.7 Å². The number of amides is 1. The lowest BCUT2D eigenvalue weighted by Crippen LogP contribution is -2.58. The summed E-state index contributed by atoms with van der Waals surface area (Å²) in [6, 6.07) is 36.5. The molecule has 0 spiro atoms. The molecule has 1 unspecified atom stereocenters. The van der Waals surface area contributed by atoms with Crippen LogP contribution in [0.1, 0.15) is 16.7 Å². The van der Waals surface area contributed by atoms with Gasteiger partial charge in [-0.2, -0.15) is 0 Å². The molecular formula is C41H33ClFN5O3. The van der Waals surface area contributed by atoms with Crippen molar-refractivity contribution in [1.29, 1.82) is 0 Å². The van der Waals surface area contributed by atoms with Crippen molar-refractivity contribution < 1.29 is 19.0 Å². The van der Waals surface area contributed by atoms with Crippen LogP contribution in [0.15, 0.2) is 122 Å². The first-order valence-electron chi connectivity index (χ1n) is 17.0. The molecule has 0 radical (unpaired) electrons. The Morgan fingerprint density at radius 1 is 0.843 bits per heavy atom. The number of hydrogen-bond acceptors (Lipinski definition) is 7. The number of phenols is 1. The van der Waals surface area contributed by atoms with E-state index in [9.17, 15) is 9.90 Å². The lowest BCUT2D eigenvalue weighted by molar-refractivity contribution is -0.132. The molecule has 8 nitrogen and oxygen atoms in total. The van der Waals surface area contributed by atoms with E-state index in [2.05, 4.69) is 92.6 Å². The molecule has 2 saturated heterocycles. The zero-order valence-corrected chi connectivity index (χ0v) is 28.2. The van der Waals surface area contributed by atoms with E-state index in [1.165, 1.54) is 24.5 Å². The van der Waals surface area contributed by atoms with Gasteiger partial charge in [0.1, 0.15) is 36.4 Å². The molecule has 1 aromatic heterocycles. The Morgan fingerprint density at radius 2 is 1.49 bits per heavy atom. The number of carbonyl (C=O) groups is 1. The molecule has 254 valence electrons. The van der Waals surface area contributed by atoms with Crippen LogP contribution in [0, 0.1) is 5.82 Å². The Hall–Kier alpha value is -5.51. The van der Waals surface area contributed by atoms with Gasteiger partial charge in [-0.15, -0.1) is 0 Å². The zero-order valence-electron chi connectivity index (χ0n) is 27.5. The van der Waals surface area contributed by atoms with Gasteiger partial charge in [0.05, 0.1) is 33.1 Å². The van der Waals surface area contributed by atoms with Gasteiger partial charge >= 0.3 is 0 Å². The number of aromatic nitrogens is 2. The summed E-state index contributed by atoms with van der Waals surface area (Å²) in [6.45, 7) is 2.30. The van der Waals surface area contributed by atoms with Crippen LogP contribution >= 0.6 is 11.6 Å². The van der Waals surface area contributed by atoms with E-state index in [0.29, 0.717) is 48.6 Å². The van der Waals surface area contributed by atoms with Crippen LogP contribution in [-0.2, 0) is 10.3 Å². The average molecular weight is 698 g/mol. The Kier molecular flexibility index (Phi) is 7.63. The van der Waals surface area contributed by atoms with Gasteiger partial charge in [-0.1, -0.05) is 109 Å². The van der Waals surface area contributed by atoms with Crippen molar-refractivity contribution in [3.05, 3.63) is 149 Å². The highest BCUT2D eigenvalue weighted by Crippen LogP contribution is 2.50. The van der Waals surface area contributed by atoms with Crippen molar-refractivity contribution in [2.75, 3.05) is 37.7 Å². The molecule has 10 heteroatoms. The number of aromatic hydroxyl groups is 1. The van der Waals surface area contributed by atoms with Crippen LogP contribution in [0.25, 0.3) is 22.0 Å². The fraction of sp³-hybridized carbons (Fsp3) is 0.195. The number of benzene rings is 5. The second kappa shape index (κ2) is 12.4. The number of hydrogen-bond donors (Lipinski definition) is 1. The molecule has 5 aromatic carbocycles. The van der Waals surface area contributed by atoms with E-state index >= 15 is 4.39 Å². The average Bonchev–Trinajstić information content (AvgIpc) is 3.99. The summed E-state index contributed by atoms with van der Waals surface area (Å²) in [6.07, 6.45) is 1.47. The second-order valence-electron chi connectivity index (χ2n) is 13.2. The lowest BCUT2D eigenvalue weighted by Gasteiger charge is -2.42. The first-order valence-corrected chi connectivity index (χ1v) is 17.4. The summed E-state index contributed by atoms with van der Waals surface area (Å²) in [4.78, 5) is 30.1. The molecular weight excluding hydrogens is 665 g/mol. The number of ether oxygens (including phenoxy) is 1. The highest BCUT2D eigenvalue weighted by Gasteiger charge is 2.57. The van der Waals surface area contributed by atoms with Gasteiger partial charge in [-0.25, -0.2) is 14.4 Å². The molecule has 1 amide bonds. The molecule has 2 fully saturated rings. The summed E-state index contributed by atoms with van der Waals surface area (Å²) in [7, 11) is 0. The van der Waals surface area contributed by atoms with Crippen LogP contribution in [-0.4, -0.2) is 75.7 Å². The summed E-state index contributed by atoms with van der Waals surface area (Å²) >= 11 is 6.93.